The van der Waals surface area contributed by atoms with Gasteiger partial charge in [0.15, 0.2) is 11.5 Å². The summed E-state index contributed by atoms with van der Waals surface area (Å²) in [6.45, 7) is 5.47. The Labute approximate surface area is 109 Å². The molecule has 1 aliphatic heterocycles. The second-order valence-corrected chi connectivity index (χ2v) is 4.85. The summed E-state index contributed by atoms with van der Waals surface area (Å²) >= 11 is 0. The van der Waals surface area contributed by atoms with Gasteiger partial charge in [0.2, 0.25) is 0 Å². The van der Waals surface area contributed by atoms with Gasteiger partial charge in [-0.15, -0.1) is 0 Å². The standard InChI is InChI=1S/C15H22O3/c1-3-8-15(16,4-2)12-6-7-13-14(11-12)18-10-5-9-17-13/h6-7,11,16H,3-5,8-10H2,1-2H3. The van der Waals surface area contributed by atoms with Crippen molar-refractivity contribution in [3.63, 3.8) is 0 Å². The van der Waals surface area contributed by atoms with Gasteiger partial charge in [0, 0.05) is 6.42 Å². The number of ether oxygens (including phenoxy) is 2. The lowest BCUT2D eigenvalue weighted by molar-refractivity contribution is 0.0223. The lowest BCUT2D eigenvalue weighted by atomic mass is 9.87. The van der Waals surface area contributed by atoms with Gasteiger partial charge in [-0.25, -0.2) is 0 Å². The molecular formula is C15H22O3. The van der Waals surface area contributed by atoms with E-state index in [1.54, 1.807) is 0 Å². The number of rotatable bonds is 4. The molecule has 1 atom stereocenters. The van der Waals surface area contributed by atoms with Gasteiger partial charge in [-0.1, -0.05) is 26.3 Å². The van der Waals surface area contributed by atoms with Crippen molar-refractivity contribution >= 4 is 0 Å². The van der Waals surface area contributed by atoms with Gasteiger partial charge in [0.05, 0.1) is 18.8 Å². The second kappa shape index (κ2) is 5.61. The normalized spacial score (nSPS) is 17.9. The first-order chi connectivity index (χ1) is 8.69. The Balaban J connectivity index is 2.31. The van der Waals surface area contributed by atoms with Gasteiger partial charge >= 0.3 is 0 Å². The van der Waals surface area contributed by atoms with Crippen molar-refractivity contribution in [2.45, 2.75) is 45.1 Å². The molecular weight excluding hydrogens is 228 g/mol. The fourth-order valence-electron chi connectivity index (χ4n) is 2.39. The van der Waals surface area contributed by atoms with Crippen LogP contribution in [0.4, 0.5) is 0 Å². The van der Waals surface area contributed by atoms with Crippen LogP contribution in [0, 0.1) is 0 Å². The zero-order valence-electron chi connectivity index (χ0n) is 11.2. The third-order valence-corrected chi connectivity index (χ3v) is 3.53. The third kappa shape index (κ3) is 2.61. The maximum Gasteiger partial charge on any atom is 0.161 e. The summed E-state index contributed by atoms with van der Waals surface area (Å²) < 4.78 is 11.3. The number of aliphatic hydroxyl groups is 1. The number of hydrogen-bond acceptors (Lipinski definition) is 3. The lowest BCUT2D eigenvalue weighted by Gasteiger charge is -2.27. The summed E-state index contributed by atoms with van der Waals surface area (Å²) in [6.07, 6.45) is 3.33. The van der Waals surface area contributed by atoms with E-state index in [1.807, 2.05) is 25.1 Å². The Morgan fingerprint density at radius 2 is 1.89 bits per heavy atom. The number of hydrogen-bond donors (Lipinski definition) is 1. The molecule has 1 unspecified atom stereocenters. The Bertz CT molecular complexity index is 403. The van der Waals surface area contributed by atoms with Gasteiger partial charge < -0.3 is 14.6 Å². The van der Waals surface area contributed by atoms with E-state index in [4.69, 9.17) is 9.47 Å². The summed E-state index contributed by atoms with van der Waals surface area (Å²) in [4.78, 5) is 0. The molecule has 0 aromatic heterocycles. The monoisotopic (exact) mass is 250 g/mol. The van der Waals surface area contributed by atoms with Crippen molar-refractivity contribution < 1.29 is 14.6 Å². The Kier molecular flexibility index (Phi) is 4.12. The van der Waals surface area contributed by atoms with Crippen LogP contribution < -0.4 is 9.47 Å². The maximum atomic E-state index is 10.7. The van der Waals surface area contributed by atoms with E-state index < -0.39 is 5.60 Å². The van der Waals surface area contributed by atoms with E-state index in [0.717, 1.165) is 36.3 Å². The topological polar surface area (TPSA) is 38.7 Å². The lowest BCUT2D eigenvalue weighted by Crippen LogP contribution is -2.24. The van der Waals surface area contributed by atoms with E-state index in [0.29, 0.717) is 19.6 Å². The third-order valence-electron chi connectivity index (χ3n) is 3.53. The summed E-state index contributed by atoms with van der Waals surface area (Å²) in [5.74, 6) is 1.54. The van der Waals surface area contributed by atoms with Crippen LogP contribution in [0.2, 0.25) is 0 Å². The number of benzene rings is 1. The zero-order chi connectivity index (χ0) is 13.0. The zero-order valence-corrected chi connectivity index (χ0v) is 11.2. The van der Waals surface area contributed by atoms with Crippen molar-refractivity contribution in [2.75, 3.05) is 13.2 Å². The fraction of sp³-hybridized carbons (Fsp3) is 0.600. The van der Waals surface area contributed by atoms with E-state index in [1.165, 1.54) is 0 Å². The van der Waals surface area contributed by atoms with Crippen molar-refractivity contribution in [2.24, 2.45) is 0 Å². The molecule has 1 aromatic rings. The molecule has 1 heterocycles. The smallest absolute Gasteiger partial charge is 0.161 e. The van der Waals surface area contributed by atoms with Crippen molar-refractivity contribution in [3.05, 3.63) is 23.8 Å². The minimum absolute atomic E-state index is 0.675. The Hall–Kier alpha value is -1.22. The van der Waals surface area contributed by atoms with Crippen LogP contribution in [-0.2, 0) is 5.60 Å². The van der Waals surface area contributed by atoms with Crippen LogP contribution in [0.3, 0.4) is 0 Å². The molecule has 1 N–H and O–H groups in total. The first-order valence-electron chi connectivity index (χ1n) is 6.82. The highest BCUT2D eigenvalue weighted by Crippen LogP contribution is 2.37. The maximum absolute atomic E-state index is 10.7. The van der Waals surface area contributed by atoms with Crippen molar-refractivity contribution in [1.29, 1.82) is 0 Å². The second-order valence-electron chi connectivity index (χ2n) is 4.85. The fourth-order valence-corrected chi connectivity index (χ4v) is 2.39. The molecule has 100 valence electrons. The molecule has 18 heavy (non-hydrogen) atoms. The van der Waals surface area contributed by atoms with E-state index in [-0.39, 0.29) is 0 Å². The molecule has 0 spiro atoms. The first kappa shape index (κ1) is 13.2. The van der Waals surface area contributed by atoms with Crippen LogP contribution >= 0.6 is 0 Å². The first-order valence-corrected chi connectivity index (χ1v) is 6.82. The molecule has 0 bridgehead atoms. The summed E-state index contributed by atoms with van der Waals surface area (Å²) in [5, 5.41) is 10.7. The minimum atomic E-state index is -0.751. The molecule has 0 amide bonds. The van der Waals surface area contributed by atoms with Gasteiger partial charge in [-0.3, -0.25) is 0 Å². The van der Waals surface area contributed by atoms with Crippen LogP contribution in [0.1, 0.15) is 45.1 Å². The van der Waals surface area contributed by atoms with Gasteiger partial charge in [0.25, 0.3) is 0 Å². The van der Waals surface area contributed by atoms with Crippen LogP contribution in [0.25, 0.3) is 0 Å². The highest BCUT2D eigenvalue weighted by atomic mass is 16.5. The minimum Gasteiger partial charge on any atom is -0.490 e. The predicted molar refractivity (Wildman–Crippen MR) is 71.1 cm³/mol. The van der Waals surface area contributed by atoms with Gasteiger partial charge in [-0.2, -0.15) is 0 Å². The molecule has 3 nitrogen and oxygen atoms in total. The predicted octanol–water partition coefficient (Wildman–Crippen LogP) is 3.25. The molecule has 0 fully saturated rings. The van der Waals surface area contributed by atoms with Crippen LogP contribution in [0.5, 0.6) is 11.5 Å². The molecule has 0 saturated heterocycles. The van der Waals surface area contributed by atoms with Gasteiger partial charge in [-0.05, 0) is 30.5 Å². The largest absolute Gasteiger partial charge is 0.490 e. The average molecular weight is 250 g/mol. The van der Waals surface area contributed by atoms with Crippen molar-refractivity contribution in [1.82, 2.24) is 0 Å². The molecule has 3 heteroatoms. The molecule has 2 rings (SSSR count). The van der Waals surface area contributed by atoms with E-state index in [9.17, 15) is 5.11 Å². The molecule has 1 aliphatic rings. The van der Waals surface area contributed by atoms with E-state index in [2.05, 4.69) is 6.92 Å². The van der Waals surface area contributed by atoms with E-state index >= 15 is 0 Å². The molecule has 1 aromatic carbocycles. The van der Waals surface area contributed by atoms with Crippen molar-refractivity contribution in [3.8, 4) is 11.5 Å². The quantitative estimate of drug-likeness (QED) is 0.891. The summed E-state index contributed by atoms with van der Waals surface area (Å²) in [7, 11) is 0. The Morgan fingerprint density at radius 3 is 2.56 bits per heavy atom. The summed E-state index contributed by atoms with van der Waals surface area (Å²) in [5.41, 5.74) is 0.176. The Morgan fingerprint density at radius 1 is 1.17 bits per heavy atom. The van der Waals surface area contributed by atoms with Crippen LogP contribution in [0.15, 0.2) is 18.2 Å². The SMILES string of the molecule is CCCC(O)(CC)c1ccc2c(c1)OCCCO2. The highest BCUT2D eigenvalue weighted by Gasteiger charge is 2.27. The number of fused-ring (bicyclic) bond motifs is 1. The van der Waals surface area contributed by atoms with Crippen LogP contribution in [-0.4, -0.2) is 18.3 Å². The molecule has 0 aliphatic carbocycles. The average Bonchev–Trinajstić information content (AvgIpc) is 2.63. The van der Waals surface area contributed by atoms with Gasteiger partial charge in [0.1, 0.15) is 0 Å². The summed E-state index contributed by atoms with van der Waals surface area (Å²) in [6, 6.07) is 5.79. The highest BCUT2D eigenvalue weighted by molar-refractivity contribution is 5.45. The molecule has 0 radical (unpaired) electrons. The molecule has 0 saturated carbocycles.